The van der Waals surface area contributed by atoms with E-state index in [0.717, 1.165) is 22.5 Å². The summed E-state index contributed by atoms with van der Waals surface area (Å²) in [4.78, 5) is 12.2. The number of aromatic nitrogens is 2. The number of rotatable bonds is 9. The third-order valence-electron chi connectivity index (χ3n) is 5.56. The Morgan fingerprint density at radius 1 is 1.14 bits per heavy atom. The van der Waals surface area contributed by atoms with Gasteiger partial charge in [-0.05, 0) is 41.5 Å². The van der Waals surface area contributed by atoms with Crippen LogP contribution in [0.5, 0.6) is 5.75 Å². The van der Waals surface area contributed by atoms with Gasteiger partial charge in [-0.2, -0.15) is 5.10 Å². The van der Waals surface area contributed by atoms with Crippen LogP contribution in [-0.4, -0.2) is 31.2 Å². The third-order valence-corrected chi connectivity index (χ3v) is 8.63. The van der Waals surface area contributed by atoms with Crippen molar-refractivity contribution >= 4 is 55.6 Å². The lowest BCUT2D eigenvalue weighted by Gasteiger charge is -2.08. The number of methoxy groups -OCH3 is 1. The van der Waals surface area contributed by atoms with Crippen LogP contribution in [0, 0.1) is 0 Å². The molecule has 0 saturated heterocycles. The van der Waals surface area contributed by atoms with Crippen LogP contribution in [0.1, 0.15) is 21.5 Å². The molecule has 2 aromatic carbocycles. The lowest BCUT2D eigenvalue weighted by molar-refractivity contribution is 0.0950. The summed E-state index contributed by atoms with van der Waals surface area (Å²) in [5.41, 5.74) is 2.97. The standard InChI is InChI=1S/C25H21ClN4O5S2/c1-34-20-7-3-6-19-23(20)24(29-37(32,33)22-9-8-21(26)36-22)28-30(19)14-17-5-2-4-16(12-17)13-27-25(31)18-10-11-35-15-18/h2-12,15H,13-14H2,1H3,(H,27,31)(H,28,29). The van der Waals surface area contributed by atoms with Gasteiger partial charge in [-0.3, -0.25) is 14.2 Å². The van der Waals surface area contributed by atoms with Gasteiger partial charge in [0.25, 0.3) is 15.9 Å². The van der Waals surface area contributed by atoms with E-state index >= 15 is 0 Å². The molecule has 0 bridgehead atoms. The molecule has 0 unspecified atom stereocenters. The van der Waals surface area contributed by atoms with Crippen molar-refractivity contribution < 1.29 is 22.4 Å². The maximum atomic E-state index is 13.0. The highest BCUT2D eigenvalue weighted by atomic mass is 35.5. The van der Waals surface area contributed by atoms with Crippen molar-refractivity contribution in [3.8, 4) is 5.75 Å². The van der Waals surface area contributed by atoms with Gasteiger partial charge in [0.2, 0.25) is 0 Å². The molecule has 0 radical (unpaired) electrons. The molecule has 190 valence electrons. The highest BCUT2D eigenvalue weighted by Gasteiger charge is 2.23. The molecule has 0 aliphatic heterocycles. The van der Waals surface area contributed by atoms with E-state index in [-0.39, 0.29) is 15.9 Å². The minimum absolute atomic E-state index is 0.0836. The first kappa shape index (κ1) is 24.9. The van der Waals surface area contributed by atoms with Gasteiger partial charge in [0, 0.05) is 6.54 Å². The number of halogens is 1. The molecule has 0 spiro atoms. The van der Waals surface area contributed by atoms with Crippen molar-refractivity contribution in [3.63, 3.8) is 0 Å². The zero-order chi connectivity index (χ0) is 26.0. The number of thiophene rings is 1. The lowest BCUT2D eigenvalue weighted by Crippen LogP contribution is -2.22. The summed E-state index contributed by atoms with van der Waals surface area (Å²) in [6.07, 6.45) is 2.84. The molecule has 3 heterocycles. The number of hydrogen-bond acceptors (Lipinski definition) is 7. The molecule has 0 aliphatic carbocycles. The highest BCUT2D eigenvalue weighted by molar-refractivity contribution is 7.94. The Kier molecular flexibility index (Phi) is 6.92. The number of carbonyl (C=O) groups is 1. The zero-order valence-corrected chi connectivity index (χ0v) is 21.9. The molecule has 0 aliphatic rings. The second-order valence-electron chi connectivity index (χ2n) is 8.04. The fourth-order valence-corrected chi connectivity index (χ4v) is 6.36. The van der Waals surface area contributed by atoms with Gasteiger partial charge in [0.15, 0.2) is 5.82 Å². The van der Waals surface area contributed by atoms with Crippen LogP contribution < -0.4 is 14.8 Å². The summed E-state index contributed by atoms with van der Waals surface area (Å²) in [5, 5.41) is 7.99. The van der Waals surface area contributed by atoms with Gasteiger partial charge < -0.3 is 14.5 Å². The maximum Gasteiger partial charge on any atom is 0.272 e. The number of anilines is 1. The maximum absolute atomic E-state index is 13.0. The minimum Gasteiger partial charge on any atom is -0.496 e. The minimum atomic E-state index is -3.90. The average molecular weight is 557 g/mol. The summed E-state index contributed by atoms with van der Waals surface area (Å²) in [5.74, 6) is 0.412. The first-order valence-corrected chi connectivity index (χ1v) is 13.7. The van der Waals surface area contributed by atoms with Gasteiger partial charge in [0.1, 0.15) is 16.2 Å². The second-order valence-corrected chi connectivity index (χ2v) is 11.7. The molecular formula is C25H21ClN4O5S2. The first-order valence-electron chi connectivity index (χ1n) is 11.0. The number of amides is 1. The number of carbonyl (C=O) groups excluding carboxylic acids is 1. The lowest BCUT2D eigenvalue weighted by atomic mass is 10.1. The summed E-state index contributed by atoms with van der Waals surface area (Å²) in [7, 11) is -2.38. The number of furan rings is 1. The predicted octanol–water partition coefficient (Wildman–Crippen LogP) is 5.13. The number of benzene rings is 2. The Morgan fingerprint density at radius 3 is 2.68 bits per heavy atom. The van der Waals surface area contributed by atoms with Crippen molar-refractivity contribution in [3.05, 3.63) is 94.2 Å². The van der Waals surface area contributed by atoms with E-state index in [1.807, 2.05) is 36.4 Å². The van der Waals surface area contributed by atoms with Gasteiger partial charge in [0.05, 0.1) is 40.7 Å². The molecule has 5 rings (SSSR count). The molecule has 2 N–H and O–H groups in total. The second kappa shape index (κ2) is 10.3. The Labute approximate surface area is 221 Å². The van der Waals surface area contributed by atoms with Crippen LogP contribution in [0.25, 0.3) is 10.9 Å². The molecule has 0 saturated carbocycles. The third kappa shape index (κ3) is 5.33. The number of nitrogens with zero attached hydrogens (tertiary/aromatic N) is 2. The topological polar surface area (TPSA) is 115 Å². The van der Waals surface area contributed by atoms with Crippen LogP contribution in [0.3, 0.4) is 0 Å². The Morgan fingerprint density at radius 2 is 1.95 bits per heavy atom. The molecule has 37 heavy (non-hydrogen) atoms. The molecule has 0 atom stereocenters. The van der Waals surface area contributed by atoms with Crippen LogP contribution in [-0.2, 0) is 23.1 Å². The quantitative estimate of drug-likeness (QED) is 0.260. The Balaban J connectivity index is 1.43. The average Bonchev–Trinajstić information content (AvgIpc) is 3.64. The summed E-state index contributed by atoms with van der Waals surface area (Å²) in [6, 6.07) is 17.7. The number of fused-ring (bicyclic) bond motifs is 1. The SMILES string of the molecule is COc1cccc2c1c(NS(=O)(=O)c1ccc(Cl)s1)nn2Cc1cccc(CNC(=O)c2ccoc2)c1. The zero-order valence-electron chi connectivity index (χ0n) is 19.5. The number of hydrogen-bond donors (Lipinski definition) is 2. The Bertz CT molecular complexity index is 1680. The van der Waals surface area contributed by atoms with E-state index < -0.39 is 10.0 Å². The molecule has 1 amide bonds. The fraction of sp³-hybridized carbons (Fsp3) is 0.120. The van der Waals surface area contributed by atoms with Crippen LogP contribution >= 0.6 is 22.9 Å². The summed E-state index contributed by atoms with van der Waals surface area (Å²) < 4.78 is 41.2. The smallest absolute Gasteiger partial charge is 0.272 e. The van der Waals surface area contributed by atoms with Crippen molar-refractivity contribution in [1.82, 2.24) is 15.1 Å². The fourth-order valence-electron chi connectivity index (χ4n) is 3.87. The van der Waals surface area contributed by atoms with Crippen molar-refractivity contribution in [1.29, 1.82) is 0 Å². The van der Waals surface area contributed by atoms with E-state index in [2.05, 4.69) is 15.1 Å². The van der Waals surface area contributed by atoms with E-state index in [9.17, 15) is 13.2 Å². The van der Waals surface area contributed by atoms with Crippen molar-refractivity contribution in [2.24, 2.45) is 0 Å². The van der Waals surface area contributed by atoms with Crippen LogP contribution in [0.4, 0.5) is 5.82 Å². The number of nitrogens with one attached hydrogen (secondary N) is 2. The summed E-state index contributed by atoms with van der Waals surface area (Å²) in [6.45, 7) is 0.694. The normalized spacial score (nSPS) is 11.5. The van der Waals surface area contributed by atoms with Crippen molar-refractivity contribution in [2.45, 2.75) is 17.3 Å². The number of ether oxygens (including phenoxy) is 1. The monoisotopic (exact) mass is 556 g/mol. The highest BCUT2D eigenvalue weighted by Crippen LogP contribution is 2.35. The molecule has 0 fully saturated rings. The molecule has 9 nitrogen and oxygen atoms in total. The van der Waals surface area contributed by atoms with Gasteiger partial charge >= 0.3 is 0 Å². The predicted molar refractivity (Wildman–Crippen MR) is 142 cm³/mol. The van der Waals surface area contributed by atoms with E-state index in [1.165, 1.54) is 31.8 Å². The van der Waals surface area contributed by atoms with Gasteiger partial charge in [-0.15, -0.1) is 11.3 Å². The van der Waals surface area contributed by atoms with E-state index in [4.69, 9.17) is 20.8 Å². The first-order chi connectivity index (χ1) is 17.8. The largest absolute Gasteiger partial charge is 0.496 e. The van der Waals surface area contributed by atoms with E-state index in [1.54, 1.807) is 16.8 Å². The van der Waals surface area contributed by atoms with Crippen LogP contribution in [0.2, 0.25) is 4.34 Å². The molecule has 12 heteroatoms. The van der Waals surface area contributed by atoms with Gasteiger partial charge in [-0.1, -0.05) is 41.9 Å². The molecule has 3 aromatic heterocycles. The number of sulfonamides is 1. The van der Waals surface area contributed by atoms with Crippen LogP contribution in [0.15, 0.2) is 81.8 Å². The molecular weight excluding hydrogens is 536 g/mol. The molecule has 5 aromatic rings. The van der Waals surface area contributed by atoms with Gasteiger partial charge in [-0.25, -0.2) is 8.42 Å². The van der Waals surface area contributed by atoms with Crippen molar-refractivity contribution in [2.75, 3.05) is 11.8 Å². The van der Waals surface area contributed by atoms with E-state index in [0.29, 0.717) is 39.6 Å². The Hall–Kier alpha value is -3.80. The summed E-state index contributed by atoms with van der Waals surface area (Å²) >= 11 is 6.90.